The van der Waals surface area contributed by atoms with Crippen LogP contribution in [0.3, 0.4) is 0 Å². The molecule has 0 amide bonds. The number of alkyl halides is 3. The summed E-state index contributed by atoms with van der Waals surface area (Å²) >= 11 is 24.7. The Balaban J connectivity index is 0.000000106. The number of aryl methyl sites for hydroxylation is 3. The van der Waals surface area contributed by atoms with E-state index in [4.69, 9.17) is 56.6 Å². The van der Waals surface area contributed by atoms with Gasteiger partial charge < -0.3 is 39.2 Å². The summed E-state index contributed by atoms with van der Waals surface area (Å²) in [5, 5.41) is 51.5. The van der Waals surface area contributed by atoms with E-state index in [2.05, 4.69) is 121 Å². The Morgan fingerprint density at radius 3 is 1.59 bits per heavy atom. The van der Waals surface area contributed by atoms with Gasteiger partial charge in [-0.1, -0.05) is 60.3 Å². The fourth-order valence-corrected chi connectivity index (χ4v) is 16.6. The average Bonchev–Trinajstić information content (AvgIpc) is 1.50. The third kappa shape index (κ3) is 15.0. The van der Waals surface area contributed by atoms with Crippen LogP contribution in [-0.2, 0) is 68.2 Å². The van der Waals surface area contributed by atoms with Crippen LogP contribution < -0.4 is 35.0 Å². The first-order chi connectivity index (χ1) is 50.7. The standard InChI is InChI=1S/C17H17F3N4O.C15H17ClN6.C15H15ClN4.C14H14ClN5.C11H13ClN4O2S/c1-9-22-15-14(25-9)7-24(8-16(15,2)3)13-5-10(17(18,19)20)4-12-11(13)6-21-23-12;16-10-7-13-12(9-18-20-13)14(8-10)21-5-2-11(3-6-21)22-15(17)1-4-19-22;1-19-4-2-10-3-5-20(9-15(10)19)14-7-11(16)6-13-12(14)8-17-18-13;1-19-7-9-2-3-20(8-13(9)18-19)14-5-10(15)4-12-11(14)6-16-17-12;1-19(17,18)15-8-5-16(6-8)11-3-7(12)2-10-9(11)4-13-14-10/h4-6H,7-8H2,1-3H3,(H,21,23);1,4,7-9,11H,2-3,5-6,17H2,(H,18,20);2,4,6-8H,3,5,9H2,1H3,(H,17,18);4-7H,2-3,8H2,1H3,(H,16,17);2-4,8,15H,5-6H2,1H3,(H,13,14). The molecule has 14 heterocycles. The van der Waals surface area contributed by atoms with Crippen molar-refractivity contribution < 1.29 is 26.0 Å². The molecule has 0 aliphatic carbocycles. The number of halogens is 7. The minimum Gasteiger partial charge on any atom is -0.444 e. The van der Waals surface area contributed by atoms with E-state index in [1.807, 2.05) is 108 Å². The molecule has 9 aromatic heterocycles. The third-order valence-electron chi connectivity index (χ3n) is 20.0. The fraction of sp³-hybridized carbons (Fsp3) is 0.333. The molecule has 5 aromatic carbocycles. The number of rotatable bonds is 8. The van der Waals surface area contributed by atoms with E-state index < -0.39 is 21.8 Å². The topological polar surface area (TPSA) is 298 Å². The highest BCUT2D eigenvalue weighted by molar-refractivity contribution is 7.88. The summed E-state index contributed by atoms with van der Waals surface area (Å²) in [6.07, 6.45) is 15.8. The van der Waals surface area contributed by atoms with Crippen LogP contribution in [0.2, 0.25) is 20.1 Å². The van der Waals surface area contributed by atoms with Crippen molar-refractivity contribution in [2.45, 2.75) is 89.8 Å². The van der Waals surface area contributed by atoms with Crippen molar-refractivity contribution in [3.63, 3.8) is 0 Å². The number of aromatic nitrogens is 16. The number of nitrogens with zero attached hydrogens (tertiary/aromatic N) is 16. The molecule has 5 aliphatic heterocycles. The number of aromatic amines is 5. The largest absolute Gasteiger partial charge is 0.444 e. The third-order valence-corrected chi connectivity index (χ3v) is 21.6. The number of sulfonamides is 1. The van der Waals surface area contributed by atoms with Crippen molar-refractivity contribution >= 4 is 145 Å². The van der Waals surface area contributed by atoms with Crippen molar-refractivity contribution in [2.24, 2.45) is 14.1 Å². The fourth-order valence-electron chi connectivity index (χ4n) is 15.0. The van der Waals surface area contributed by atoms with Gasteiger partial charge >= 0.3 is 6.18 Å². The summed E-state index contributed by atoms with van der Waals surface area (Å²) < 4.78 is 76.4. The monoisotopic (exact) mass is 1540 g/mol. The summed E-state index contributed by atoms with van der Waals surface area (Å²) in [6, 6.07) is 22.1. The zero-order chi connectivity index (χ0) is 74.1. The average molecular weight is 1540 g/mol. The molecule has 552 valence electrons. The summed E-state index contributed by atoms with van der Waals surface area (Å²) in [5.74, 6) is 2.00. The second-order valence-corrected chi connectivity index (χ2v) is 31.5. The summed E-state index contributed by atoms with van der Waals surface area (Å²) in [7, 11) is 0.923. The minimum absolute atomic E-state index is 0.0454. The molecular formula is C72H76Cl4F3N23O3S. The molecule has 0 saturated carbocycles. The molecule has 2 fully saturated rings. The predicted molar refractivity (Wildman–Crippen MR) is 410 cm³/mol. The quantitative estimate of drug-likeness (QED) is 0.0744. The highest BCUT2D eigenvalue weighted by Crippen LogP contribution is 2.43. The van der Waals surface area contributed by atoms with E-state index in [0.29, 0.717) is 65.5 Å². The lowest BCUT2D eigenvalue weighted by Gasteiger charge is -2.41. The zero-order valence-electron chi connectivity index (χ0n) is 58.6. The van der Waals surface area contributed by atoms with Gasteiger partial charge in [0.25, 0.3) is 0 Å². The molecule has 0 radical (unpaired) electrons. The van der Waals surface area contributed by atoms with Gasteiger partial charge in [0.1, 0.15) is 11.6 Å². The Hall–Kier alpha value is -9.98. The Morgan fingerprint density at radius 2 is 1.09 bits per heavy atom. The first-order valence-electron chi connectivity index (χ1n) is 34.4. The first-order valence-corrected chi connectivity index (χ1v) is 37.8. The van der Waals surface area contributed by atoms with Crippen molar-refractivity contribution in [1.29, 1.82) is 0 Å². The van der Waals surface area contributed by atoms with Crippen molar-refractivity contribution in [1.82, 2.24) is 84.8 Å². The molecule has 14 aromatic rings. The molecule has 106 heavy (non-hydrogen) atoms. The maximum atomic E-state index is 13.3. The zero-order valence-corrected chi connectivity index (χ0v) is 62.5. The normalized spacial score (nSPS) is 16.1. The van der Waals surface area contributed by atoms with Crippen LogP contribution in [0, 0.1) is 6.92 Å². The van der Waals surface area contributed by atoms with Gasteiger partial charge in [-0.3, -0.25) is 30.2 Å². The Bertz CT molecular complexity index is 5660. The Labute approximate surface area is 626 Å². The highest BCUT2D eigenvalue weighted by Gasteiger charge is 2.39. The number of nitrogens with one attached hydrogen (secondary N) is 6. The van der Waals surface area contributed by atoms with E-state index >= 15 is 0 Å². The maximum Gasteiger partial charge on any atom is 0.416 e. The van der Waals surface area contributed by atoms with Crippen LogP contribution in [0.5, 0.6) is 0 Å². The minimum atomic E-state index is -4.42. The van der Waals surface area contributed by atoms with E-state index in [0.717, 1.165) is 170 Å². The first kappa shape index (κ1) is 71.6. The summed E-state index contributed by atoms with van der Waals surface area (Å²) in [5.41, 5.74) is 20.2. The molecule has 0 atom stereocenters. The van der Waals surface area contributed by atoms with Crippen molar-refractivity contribution in [3.05, 3.63) is 188 Å². The van der Waals surface area contributed by atoms with Crippen LogP contribution in [0.15, 0.2) is 127 Å². The van der Waals surface area contributed by atoms with Crippen LogP contribution in [0.4, 0.5) is 47.4 Å². The van der Waals surface area contributed by atoms with Crippen LogP contribution in [-0.4, -0.2) is 147 Å². The highest BCUT2D eigenvalue weighted by atomic mass is 35.5. The lowest BCUT2D eigenvalue weighted by Crippen LogP contribution is -2.59. The summed E-state index contributed by atoms with van der Waals surface area (Å²) in [4.78, 5) is 15.5. The van der Waals surface area contributed by atoms with Gasteiger partial charge in [-0.05, 0) is 110 Å². The number of fused-ring (bicyclic) bond motifs is 8. The van der Waals surface area contributed by atoms with Crippen LogP contribution >= 0.6 is 46.4 Å². The number of anilines is 6. The number of hydrogen-bond donors (Lipinski definition) is 7. The molecule has 0 spiro atoms. The number of benzene rings is 5. The van der Waals surface area contributed by atoms with Gasteiger partial charge in [0.2, 0.25) is 10.0 Å². The van der Waals surface area contributed by atoms with Crippen LogP contribution in [0.1, 0.15) is 78.2 Å². The van der Waals surface area contributed by atoms with Gasteiger partial charge in [-0.25, -0.2) is 22.8 Å². The van der Waals surface area contributed by atoms with E-state index in [1.54, 1.807) is 25.5 Å². The van der Waals surface area contributed by atoms with E-state index in [9.17, 15) is 21.6 Å². The number of nitrogen functional groups attached to an aromatic ring is 1. The molecule has 34 heteroatoms. The molecule has 5 aliphatic rings. The second-order valence-electron chi connectivity index (χ2n) is 28.0. The van der Waals surface area contributed by atoms with E-state index in [-0.39, 0.29) is 11.5 Å². The molecule has 0 unspecified atom stereocenters. The smallest absolute Gasteiger partial charge is 0.416 e. The molecule has 2 saturated heterocycles. The lowest BCUT2D eigenvalue weighted by atomic mass is 9.84. The summed E-state index contributed by atoms with van der Waals surface area (Å²) in [6.45, 7) is 13.6. The molecule has 19 rings (SSSR count). The van der Waals surface area contributed by atoms with Crippen molar-refractivity contribution in [2.75, 3.05) is 82.3 Å². The van der Waals surface area contributed by atoms with Gasteiger partial charge in [0.15, 0.2) is 5.89 Å². The molecular weight excluding hydrogens is 1470 g/mol. The van der Waals surface area contributed by atoms with Gasteiger partial charge in [-0.15, -0.1) is 0 Å². The van der Waals surface area contributed by atoms with Gasteiger partial charge in [0.05, 0.1) is 120 Å². The van der Waals surface area contributed by atoms with Crippen LogP contribution in [0.25, 0.3) is 54.5 Å². The van der Waals surface area contributed by atoms with Gasteiger partial charge in [-0.2, -0.15) is 48.9 Å². The molecule has 0 bridgehead atoms. The predicted octanol–water partition coefficient (Wildman–Crippen LogP) is 13.6. The van der Waals surface area contributed by atoms with Crippen molar-refractivity contribution in [3.8, 4) is 0 Å². The SMILES string of the molecule is CS(=O)(=O)NC1CN(c2cc(Cl)cc3[nH]ncc23)C1.Cc1nc2c(o1)CN(c1cc(C(F)(F)F)cc3[nH]ncc13)CC2(C)C.Cn1cc2c(n1)CN(c1cc(Cl)cc3[nH]ncc13)CC2.Cn1ccc2c1CN(c1cc(Cl)cc3[nH]ncc13)CC2.Nc1ccnn1C1CCN(c2cc(Cl)cc3[nH]ncc23)CC1. The second kappa shape index (κ2) is 28.7. The Kier molecular flexibility index (Phi) is 19.4. The maximum absolute atomic E-state index is 13.3. The number of H-pyrrole nitrogens is 5. The van der Waals surface area contributed by atoms with Gasteiger partial charge in [0, 0.05) is 166 Å². The number of nitrogens with two attached hydrogens (primary N) is 1. The van der Waals surface area contributed by atoms with E-state index in [1.165, 1.54) is 29.1 Å². The number of hydrogen-bond acceptors (Lipinski definition) is 17. The molecule has 26 nitrogen and oxygen atoms in total. The number of piperidine rings is 1. The lowest BCUT2D eigenvalue weighted by molar-refractivity contribution is -0.137. The molecule has 8 N–H and O–H groups in total. The Morgan fingerprint density at radius 1 is 0.613 bits per heavy atom. The number of oxazole rings is 1.